The molecule has 0 fully saturated rings. The van der Waals surface area contributed by atoms with Crippen molar-refractivity contribution < 1.29 is 18.7 Å². The van der Waals surface area contributed by atoms with Gasteiger partial charge in [-0.05, 0) is 37.3 Å². The van der Waals surface area contributed by atoms with Gasteiger partial charge in [0.2, 0.25) is 0 Å². The van der Waals surface area contributed by atoms with Crippen LogP contribution in [0, 0.1) is 0 Å². The highest BCUT2D eigenvalue weighted by Gasteiger charge is 2.35. The van der Waals surface area contributed by atoms with Crippen molar-refractivity contribution in [3.63, 3.8) is 0 Å². The second kappa shape index (κ2) is 8.15. The van der Waals surface area contributed by atoms with Crippen LogP contribution in [0.2, 0.25) is 0 Å². The molecule has 2 amide bonds. The fourth-order valence-corrected chi connectivity index (χ4v) is 3.64. The lowest BCUT2D eigenvalue weighted by Gasteiger charge is -2.28. The summed E-state index contributed by atoms with van der Waals surface area (Å²) in [7, 11) is 0. The maximum Gasteiger partial charge on any atom is 0.338 e. The first-order chi connectivity index (χ1) is 14.5. The number of halogens is 1. The van der Waals surface area contributed by atoms with E-state index >= 15 is 0 Å². The van der Waals surface area contributed by atoms with E-state index in [1.54, 1.807) is 37.3 Å². The number of ether oxygens (including phenoxy) is 1. The monoisotopic (exact) mass is 472 g/mol. The number of fused-ring (bicyclic) bond motifs is 1. The van der Waals surface area contributed by atoms with E-state index < -0.39 is 18.0 Å². The molecular formula is C20H17BrN4O5. The van der Waals surface area contributed by atoms with Gasteiger partial charge in [0.1, 0.15) is 11.8 Å². The van der Waals surface area contributed by atoms with Crippen LogP contribution in [0.5, 0.6) is 0 Å². The predicted molar refractivity (Wildman–Crippen MR) is 110 cm³/mol. The second-order valence-electron chi connectivity index (χ2n) is 6.50. The quantitative estimate of drug-likeness (QED) is 0.551. The topological polar surface area (TPSA) is 115 Å². The molecule has 0 spiro atoms. The average molecular weight is 473 g/mol. The molecule has 30 heavy (non-hydrogen) atoms. The zero-order valence-corrected chi connectivity index (χ0v) is 17.4. The molecule has 0 aliphatic carbocycles. The van der Waals surface area contributed by atoms with Crippen LogP contribution in [0.25, 0.3) is 10.9 Å². The SMILES string of the molecule is CCOC(=O)C1=C(Cn2cnc3ccc(Br)cc3c2=O)NC(=O)N[C@H]1c1ccco1. The van der Waals surface area contributed by atoms with E-state index in [4.69, 9.17) is 9.15 Å². The van der Waals surface area contributed by atoms with Gasteiger partial charge in [0.25, 0.3) is 5.56 Å². The molecular weight excluding hydrogens is 456 g/mol. The van der Waals surface area contributed by atoms with Crippen LogP contribution in [0.15, 0.2) is 67.9 Å². The van der Waals surface area contributed by atoms with Gasteiger partial charge in [0.05, 0.1) is 47.9 Å². The molecule has 1 aliphatic heterocycles. The Balaban J connectivity index is 1.83. The van der Waals surface area contributed by atoms with Crippen molar-refractivity contribution in [1.82, 2.24) is 20.2 Å². The van der Waals surface area contributed by atoms with E-state index in [1.165, 1.54) is 17.2 Å². The summed E-state index contributed by atoms with van der Waals surface area (Å²) >= 11 is 3.35. The number of carbonyl (C=O) groups is 2. The third-order valence-electron chi connectivity index (χ3n) is 4.59. The minimum absolute atomic E-state index is 0.0763. The molecule has 0 bridgehead atoms. The van der Waals surface area contributed by atoms with Crippen LogP contribution in [0.1, 0.15) is 18.7 Å². The van der Waals surface area contributed by atoms with Crippen molar-refractivity contribution in [2.45, 2.75) is 19.5 Å². The molecule has 1 aromatic carbocycles. The van der Waals surface area contributed by atoms with E-state index in [0.717, 1.165) is 4.47 Å². The number of hydrogen-bond donors (Lipinski definition) is 2. The smallest absolute Gasteiger partial charge is 0.338 e. The van der Waals surface area contributed by atoms with Crippen molar-refractivity contribution in [2.75, 3.05) is 6.61 Å². The van der Waals surface area contributed by atoms with E-state index in [1.807, 2.05) is 0 Å². The summed E-state index contributed by atoms with van der Waals surface area (Å²) in [6, 6.07) is 7.13. The number of allylic oxidation sites excluding steroid dienone is 1. The molecule has 0 unspecified atom stereocenters. The number of nitrogens with one attached hydrogen (secondary N) is 2. The molecule has 0 radical (unpaired) electrons. The normalized spacial score (nSPS) is 16.3. The molecule has 4 rings (SSSR count). The van der Waals surface area contributed by atoms with Crippen molar-refractivity contribution in [3.05, 3.63) is 74.8 Å². The van der Waals surface area contributed by atoms with Crippen LogP contribution < -0.4 is 16.2 Å². The Morgan fingerprint density at radius 3 is 2.90 bits per heavy atom. The Hall–Kier alpha value is -3.40. The summed E-state index contributed by atoms with van der Waals surface area (Å²) in [6.07, 6.45) is 2.83. The van der Waals surface area contributed by atoms with Crippen LogP contribution in [0.4, 0.5) is 4.79 Å². The van der Waals surface area contributed by atoms with E-state index in [2.05, 4.69) is 31.5 Å². The third kappa shape index (κ3) is 3.73. The number of benzene rings is 1. The number of carbonyl (C=O) groups excluding carboxylic acids is 2. The number of aromatic nitrogens is 2. The van der Waals surface area contributed by atoms with Gasteiger partial charge in [-0.3, -0.25) is 9.36 Å². The van der Waals surface area contributed by atoms with Gasteiger partial charge in [-0.25, -0.2) is 14.6 Å². The van der Waals surface area contributed by atoms with Gasteiger partial charge < -0.3 is 19.8 Å². The maximum absolute atomic E-state index is 13.0. The Morgan fingerprint density at radius 1 is 1.33 bits per heavy atom. The summed E-state index contributed by atoms with van der Waals surface area (Å²) in [5.41, 5.74) is 0.630. The first-order valence-corrected chi connectivity index (χ1v) is 9.93. The first kappa shape index (κ1) is 19.9. The standard InChI is InChI=1S/C20H17BrN4O5/c1-2-29-19(27)16-14(23-20(28)24-17(16)15-4-3-7-30-15)9-25-10-22-13-6-5-11(21)8-12(13)18(25)26/h3-8,10,17H,2,9H2,1H3,(H2,23,24,28)/t17-/m0/s1. The number of urea groups is 1. The molecule has 1 aliphatic rings. The Kier molecular flexibility index (Phi) is 5.40. The van der Waals surface area contributed by atoms with E-state index in [0.29, 0.717) is 16.7 Å². The lowest BCUT2D eigenvalue weighted by Crippen LogP contribution is -2.47. The highest BCUT2D eigenvalue weighted by atomic mass is 79.9. The highest BCUT2D eigenvalue weighted by molar-refractivity contribution is 9.10. The summed E-state index contributed by atoms with van der Waals surface area (Å²) in [4.78, 5) is 42.3. The van der Waals surface area contributed by atoms with Crippen molar-refractivity contribution in [2.24, 2.45) is 0 Å². The van der Waals surface area contributed by atoms with Crippen LogP contribution in [-0.2, 0) is 16.1 Å². The second-order valence-corrected chi connectivity index (χ2v) is 7.41. The number of esters is 1. The zero-order valence-electron chi connectivity index (χ0n) is 15.8. The van der Waals surface area contributed by atoms with Crippen LogP contribution in [-0.4, -0.2) is 28.2 Å². The number of hydrogen-bond acceptors (Lipinski definition) is 6. The lowest BCUT2D eigenvalue weighted by atomic mass is 10.00. The van der Waals surface area contributed by atoms with Crippen LogP contribution >= 0.6 is 15.9 Å². The zero-order chi connectivity index (χ0) is 21.3. The van der Waals surface area contributed by atoms with E-state index in [-0.39, 0.29) is 30.0 Å². The summed E-state index contributed by atoms with van der Waals surface area (Å²) in [5, 5.41) is 5.70. The molecule has 10 heteroatoms. The lowest BCUT2D eigenvalue weighted by molar-refractivity contribution is -0.139. The number of amides is 2. The molecule has 2 N–H and O–H groups in total. The van der Waals surface area contributed by atoms with Gasteiger partial charge >= 0.3 is 12.0 Å². The molecule has 0 saturated carbocycles. The predicted octanol–water partition coefficient (Wildman–Crippen LogP) is 2.62. The van der Waals surface area contributed by atoms with Crippen molar-refractivity contribution >= 4 is 38.8 Å². The molecule has 3 heterocycles. The Labute approximate surface area is 178 Å². The fourth-order valence-electron chi connectivity index (χ4n) is 3.28. The molecule has 1 atom stereocenters. The summed E-state index contributed by atoms with van der Waals surface area (Å²) in [5.74, 6) is -0.246. The minimum Gasteiger partial charge on any atom is -0.467 e. The summed E-state index contributed by atoms with van der Waals surface area (Å²) in [6.45, 7) is 1.76. The largest absolute Gasteiger partial charge is 0.467 e. The maximum atomic E-state index is 13.0. The number of rotatable bonds is 5. The number of nitrogens with zero attached hydrogens (tertiary/aromatic N) is 2. The molecule has 9 nitrogen and oxygen atoms in total. The molecule has 0 saturated heterocycles. The number of furan rings is 1. The third-order valence-corrected chi connectivity index (χ3v) is 5.08. The first-order valence-electron chi connectivity index (χ1n) is 9.13. The van der Waals surface area contributed by atoms with Gasteiger partial charge in [-0.2, -0.15) is 0 Å². The average Bonchev–Trinajstić information content (AvgIpc) is 3.25. The van der Waals surface area contributed by atoms with Gasteiger partial charge in [-0.1, -0.05) is 15.9 Å². The van der Waals surface area contributed by atoms with Crippen molar-refractivity contribution in [1.29, 1.82) is 0 Å². The van der Waals surface area contributed by atoms with E-state index in [9.17, 15) is 14.4 Å². The summed E-state index contributed by atoms with van der Waals surface area (Å²) < 4.78 is 12.7. The molecule has 2 aromatic heterocycles. The Bertz CT molecular complexity index is 1220. The highest BCUT2D eigenvalue weighted by Crippen LogP contribution is 2.28. The van der Waals surface area contributed by atoms with Crippen LogP contribution in [0.3, 0.4) is 0 Å². The van der Waals surface area contributed by atoms with Gasteiger partial charge in [0, 0.05) is 4.47 Å². The van der Waals surface area contributed by atoms with Crippen molar-refractivity contribution in [3.8, 4) is 0 Å². The fraction of sp³-hybridized carbons (Fsp3) is 0.200. The minimum atomic E-state index is -0.846. The molecule has 154 valence electrons. The Morgan fingerprint density at radius 2 is 2.17 bits per heavy atom. The van der Waals surface area contributed by atoms with Gasteiger partial charge in [-0.15, -0.1) is 0 Å². The van der Waals surface area contributed by atoms with Gasteiger partial charge in [0.15, 0.2) is 0 Å². The molecule has 3 aromatic rings.